The molecule has 0 spiro atoms. The van der Waals surface area contributed by atoms with Gasteiger partial charge in [0.2, 0.25) is 0 Å². The number of benzene rings is 2. The fourth-order valence-corrected chi connectivity index (χ4v) is 6.23. The summed E-state index contributed by atoms with van der Waals surface area (Å²) in [5.74, 6) is -0.202. The largest absolute Gasteiger partial charge is 0.381 e. The quantitative estimate of drug-likeness (QED) is 0.801. The Balaban J connectivity index is 2.04. The first-order chi connectivity index (χ1) is 12.0. The molecule has 0 aromatic heterocycles. The number of halogens is 1. The van der Waals surface area contributed by atoms with Crippen molar-refractivity contribution in [2.45, 2.75) is 23.0 Å². The summed E-state index contributed by atoms with van der Waals surface area (Å²) in [7, 11) is -3.52. The highest BCUT2D eigenvalue weighted by molar-refractivity contribution is 7.92. The van der Waals surface area contributed by atoms with Crippen LogP contribution in [-0.4, -0.2) is 33.4 Å². The Morgan fingerprint density at radius 1 is 1.12 bits per heavy atom. The summed E-state index contributed by atoms with van der Waals surface area (Å²) in [5.41, 5.74) is 6.38. The summed E-state index contributed by atoms with van der Waals surface area (Å²) in [4.78, 5) is 0.325. The van der Waals surface area contributed by atoms with Crippen LogP contribution in [0.15, 0.2) is 59.5 Å². The van der Waals surface area contributed by atoms with E-state index in [-0.39, 0.29) is 12.5 Å². The van der Waals surface area contributed by atoms with Crippen molar-refractivity contribution in [3.05, 3.63) is 65.2 Å². The van der Waals surface area contributed by atoms with E-state index in [1.807, 2.05) is 19.1 Å². The molecule has 0 radical (unpaired) electrons. The van der Waals surface area contributed by atoms with E-state index in [4.69, 9.17) is 22.1 Å². The molecule has 3 rings (SSSR count). The molecule has 4 nitrogen and oxygen atoms in total. The second-order valence-corrected chi connectivity index (χ2v) is 8.89. The van der Waals surface area contributed by atoms with E-state index in [0.717, 1.165) is 5.56 Å². The van der Waals surface area contributed by atoms with Crippen molar-refractivity contribution < 1.29 is 13.2 Å². The normalized spacial score (nSPS) is 25.7. The van der Waals surface area contributed by atoms with Crippen LogP contribution in [-0.2, 0) is 14.6 Å². The lowest BCUT2D eigenvalue weighted by atomic mass is 10.00. The van der Waals surface area contributed by atoms with Gasteiger partial charge in [0, 0.05) is 29.5 Å². The molecule has 1 aliphatic rings. The van der Waals surface area contributed by atoms with Gasteiger partial charge in [0.1, 0.15) is 0 Å². The molecular weight excluding hydrogens is 358 g/mol. The van der Waals surface area contributed by atoms with Gasteiger partial charge in [-0.05, 0) is 36.8 Å². The zero-order valence-electron chi connectivity index (χ0n) is 14.1. The molecule has 134 valence electrons. The van der Waals surface area contributed by atoms with E-state index in [1.54, 1.807) is 42.5 Å². The number of sulfone groups is 1. The van der Waals surface area contributed by atoms with Gasteiger partial charge in [-0.3, -0.25) is 0 Å². The fraction of sp³-hybridized carbons (Fsp3) is 0.368. The maximum atomic E-state index is 13.2. The monoisotopic (exact) mass is 379 g/mol. The fourth-order valence-electron chi connectivity index (χ4n) is 3.64. The Bertz CT molecular complexity index is 824. The van der Waals surface area contributed by atoms with Crippen molar-refractivity contribution in [1.82, 2.24) is 0 Å². The van der Waals surface area contributed by atoms with E-state index in [9.17, 15) is 8.42 Å². The van der Waals surface area contributed by atoms with Crippen molar-refractivity contribution in [1.29, 1.82) is 0 Å². The predicted octanol–water partition coefficient (Wildman–Crippen LogP) is 3.26. The van der Waals surface area contributed by atoms with Crippen LogP contribution in [0.5, 0.6) is 0 Å². The van der Waals surface area contributed by atoms with Gasteiger partial charge in [0.15, 0.2) is 9.84 Å². The second-order valence-electron chi connectivity index (χ2n) is 6.38. The summed E-state index contributed by atoms with van der Waals surface area (Å²) < 4.78 is 32.1. The van der Waals surface area contributed by atoms with Gasteiger partial charge >= 0.3 is 0 Å². The van der Waals surface area contributed by atoms with Gasteiger partial charge in [0.25, 0.3) is 0 Å². The average molecular weight is 380 g/mol. The first-order valence-electron chi connectivity index (χ1n) is 8.29. The van der Waals surface area contributed by atoms with E-state index in [0.29, 0.717) is 23.1 Å². The maximum absolute atomic E-state index is 13.2. The Kier molecular flexibility index (Phi) is 5.21. The topological polar surface area (TPSA) is 69.4 Å². The molecule has 2 N–H and O–H groups in total. The number of hydrogen-bond donors (Lipinski definition) is 1. The minimum absolute atomic E-state index is 0.202. The minimum atomic E-state index is -3.52. The molecule has 3 atom stereocenters. The summed E-state index contributed by atoms with van der Waals surface area (Å²) in [6, 6.07) is 15.9. The zero-order valence-corrected chi connectivity index (χ0v) is 15.6. The first-order valence-corrected chi connectivity index (χ1v) is 10.2. The van der Waals surface area contributed by atoms with E-state index < -0.39 is 20.5 Å². The Labute approximate surface area is 153 Å². The number of ether oxygens (including phenoxy) is 1. The Morgan fingerprint density at radius 2 is 1.76 bits per heavy atom. The third-order valence-corrected chi connectivity index (χ3v) is 7.56. The van der Waals surface area contributed by atoms with Crippen LogP contribution in [0.2, 0.25) is 5.02 Å². The number of nitrogens with two attached hydrogens (primary N) is 1. The van der Waals surface area contributed by atoms with E-state index >= 15 is 0 Å². The van der Waals surface area contributed by atoms with Gasteiger partial charge in [-0.2, -0.15) is 0 Å². The highest BCUT2D eigenvalue weighted by atomic mass is 35.5. The average Bonchev–Trinajstić information content (AvgIpc) is 3.31. The van der Waals surface area contributed by atoms with Crippen LogP contribution in [0, 0.1) is 5.41 Å². The highest BCUT2D eigenvalue weighted by Crippen LogP contribution is 2.63. The summed E-state index contributed by atoms with van der Waals surface area (Å²) >= 11 is 5.98. The molecular formula is C19H22ClNO3S. The third kappa shape index (κ3) is 3.22. The van der Waals surface area contributed by atoms with Gasteiger partial charge < -0.3 is 10.5 Å². The molecule has 1 fully saturated rings. The molecule has 25 heavy (non-hydrogen) atoms. The highest BCUT2D eigenvalue weighted by Gasteiger charge is 2.70. The summed E-state index contributed by atoms with van der Waals surface area (Å²) in [5, 5.41) is 0.0233. The molecule has 0 amide bonds. The Morgan fingerprint density at radius 3 is 2.32 bits per heavy atom. The Hall–Kier alpha value is -1.40. The van der Waals surface area contributed by atoms with Crippen molar-refractivity contribution in [2.75, 3.05) is 19.8 Å². The molecule has 0 bridgehead atoms. The summed E-state index contributed by atoms with van der Waals surface area (Å²) in [6.45, 7) is 2.98. The molecule has 2 aromatic rings. The molecule has 1 aliphatic carbocycles. The molecule has 1 saturated carbocycles. The standard InChI is InChI=1S/C19H22ClNO3S/c1-2-24-13-19(12-21)17(14-8-10-15(20)11-9-14)18(19)25(22,23)16-6-4-3-5-7-16/h3-11,17-18H,2,12-13,21H2,1H3/t17-,18+,19+/m1/s1. The molecule has 0 saturated heterocycles. The van der Waals surface area contributed by atoms with Crippen molar-refractivity contribution in [3.8, 4) is 0 Å². The number of hydrogen-bond acceptors (Lipinski definition) is 4. The van der Waals surface area contributed by atoms with Crippen LogP contribution in [0.1, 0.15) is 18.4 Å². The van der Waals surface area contributed by atoms with Crippen LogP contribution >= 0.6 is 11.6 Å². The lowest BCUT2D eigenvalue weighted by Crippen LogP contribution is -2.29. The summed E-state index contributed by atoms with van der Waals surface area (Å²) in [6.07, 6.45) is 0. The van der Waals surface area contributed by atoms with Crippen LogP contribution < -0.4 is 5.73 Å². The van der Waals surface area contributed by atoms with Gasteiger partial charge in [-0.1, -0.05) is 41.9 Å². The lowest BCUT2D eigenvalue weighted by molar-refractivity contribution is 0.101. The third-order valence-electron chi connectivity index (χ3n) is 4.97. The SMILES string of the molecule is CCOC[C@@]1(CN)[C@H](c2ccc(Cl)cc2)[C@@H]1S(=O)(=O)c1ccccc1. The molecule has 0 aliphatic heterocycles. The maximum Gasteiger partial charge on any atom is 0.182 e. The second kappa shape index (κ2) is 7.08. The van der Waals surface area contributed by atoms with Crippen molar-refractivity contribution in [2.24, 2.45) is 11.1 Å². The zero-order chi connectivity index (χ0) is 18.1. The van der Waals surface area contributed by atoms with Gasteiger partial charge in [-0.15, -0.1) is 0 Å². The van der Waals surface area contributed by atoms with Crippen LogP contribution in [0.4, 0.5) is 0 Å². The first kappa shape index (κ1) is 18.4. The molecule has 6 heteroatoms. The van der Waals surface area contributed by atoms with Gasteiger partial charge in [-0.25, -0.2) is 8.42 Å². The smallest absolute Gasteiger partial charge is 0.182 e. The number of rotatable bonds is 7. The minimum Gasteiger partial charge on any atom is -0.381 e. The van der Waals surface area contributed by atoms with Crippen LogP contribution in [0.25, 0.3) is 0 Å². The van der Waals surface area contributed by atoms with Crippen molar-refractivity contribution in [3.63, 3.8) is 0 Å². The lowest BCUT2D eigenvalue weighted by Gasteiger charge is -2.16. The van der Waals surface area contributed by atoms with Gasteiger partial charge in [0.05, 0.1) is 16.8 Å². The van der Waals surface area contributed by atoms with Crippen LogP contribution in [0.3, 0.4) is 0 Å². The predicted molar refractivity (Wildman–Crippen MR) is 99.6 cm³/mol. The van der Waals surface area contributed by atoms with E-state index in [1.165, 1.54) is 0 Å². The van der Waals surface area contributed by atoms with Crippen molar-refractivity contribution >= 4 is 21.4 Å². The van der Waals surface area contributed by atoms with E-state index in [2.05, 4.69) is 0 Å². The molecule has 2 aromatic carbocycles. The molecule has 0 heterocycles. The molecule has 0 unspecified atom stereocenters.